The molecule has 0 saturated carbocycles. The summed E-state index contributed by atoms with van der Waals surface area (Å²) in [7, 11) is 1.74. The number of carbonyl (C=O) groups excluding carboxylic acids is 1. The molecule has 0 atom stereocenters. The molecule has 6 heteroatoms. The van der Waals surface area contributed by atoms with Crippen LogP contribution in [0.15, 0.2) is 36.7 Å². The Kier molecular flexibility index (Phi) is 4.41. The number of halogens is 1. The Bertz CT molecular complexity index is 551. The maximum Gasteiger partial charge on any atom is 0.341 e. The fourth-order valence-corrected chi connectivity index (χ4v) is 1.56. The Labute approximate surface area is 115 Å². The number of ether oxygens (including phenoxy) is 2. The summed E-state index contributed by atoms with van der Waals surface area (Å²) in [4.78, 5) is 11.6. The van der Waals surface area contributed by atoms with Crippen molar-refractivity contribution in [3.05, 3.63) is 47.2 Å². The molecule has 0 N–H and O–H groups in total. The molecule has 19 heavy (non-hydrogen) atoms. The van der Waals surface area contributed by atoms with Crippen molar-refractivity contribution in [3.63, 3.8) is 0 Å². The number of carbonyl (C=O) groups is 1. The second kappa shape index (κ2) is 6.24. The summed E-state index contributed by atoms with van der Waals surface area (Å²) >= 11 is 5.75. The molecule has 1 aromatic carbocycles. The Balaban J connectivity index is 1.72. The maximum absolute atomic E-state index is 11.6. The van der Waals surface area contributed by atoms with Gasteiger partial charge in [0.25, 0.3) is 0 Å². The van der Waals surface area contributed by atoms with Crippen LogP contribution in [0.4, 0.5) is 0 Å². The first-order chi connectivity index (χ1) is 9.15. The van der Waals surface area contributed by atoms with Gasteiger partial charge in [-0.1, -0.05) is 11.6 Å². The van der Waals surface area contributed by atoms with E-state index in [2.05, 4.69) is 5.10 Å². The summed E-state index contributed by atoms with van der Waals surface area (Å²) in [5.41, 5.74) is 0.425. The molecule has 0 aliphatic heterocycles. The highest BCUT2D eigenvalue weighted by molar-refractivity contribution is 6.30. The van der Waals surface area contributed by atoms with Crippen LogP contribution in [0.5, 0.6) is 5.75 Å². The monoisotopic (exact) mass is 280 g/mol. The molecular formula is C13H13ClN2O3. The summed E-state index contributed by atoms with van der Waals surface area (Å²) in [5.74, 6) is 0.273. The fraction of sp³-hybridized carbons (Fsp3) is 0.231. The highest BCUT2D eigenvalue weighted by Gasteiger charge is 2.08. The van der Waals surface area contributed by atoms with E-state index >= 15 is 0 Å². The number of hydrogen-bond donors (Lipinski definition) is 0. The second-order valence-corrected chi connectivity index (χ2v) is 4.28. The van der Waals surface area contributed by atoms with Gasteiger partial charge in [-0.05, 0) is 24.3 Å². The van der Waals surface area contributed by atoms with Crippen LogP contribution in [0.2, 0.25) is 5.02 Å². The van der Waals surface area contributed by atoms with Crippen molar-refractivity contribution in [2.24, 2.45) is 7.05 Å². The summed E-state index contributed by atoms with van der Waals surface area (Å²) in [6.07, 6.45) is 3.06. The number of esters is 1. The average Bonchev–Trinajstić information content (AvgIpc) is 2.83. The van der Waals surface area contributed by atoms with Gasteiger partial charge in [0.2, 0.25) is 0 Å². The molecule has 1 aromatic heterocycles. The van der Waals surface area contributed by atoms with Gasteiger partial charge in [0.15, 0.2) is 0 Å². The summed E-state index contributed by atoms with van der Waals surface area (Å²) in [5, 5.41) is 4.54. The minimum absolute atomic E-state index is 0.177. The number of aryl methyl sites for hydroxylation is 1. The van der Waals surface area contributed by atoms with E-state index in [9.17, 15) is 4.79 Å². The average molecular weight is 281 g/mol. The van der Waals surface area contributed by atoms with Gasteiger partial charge in [0.1, 0.15) is 19.0 Å². The van der Waals surface area contributed by atoms with E-state index in [1.807, 2.05) is 0 Å². The molecule has 0 unspecified atom stereocenters. The third kappa shape index (κ3) is 3.99. The predicted octanol–water partition coefficient (Wildman–Crippen LogP) is 2.31. The number of rotatable bonds is 5. The highest BCUT2D eigenvalue weighted by atomic mass is 35.5. The first-order valence-corrected chi connectivity index (χ1v) is 6.07. The van der Waals surface area contributed by atoms with E-state index in [1.54, 1.807) is 42.2 Å². The van der Waals surface area contributed by atoms with Crippen molar-refractivity contribution in [2.75, 3.05) is 13.2 Å². The van der Waals surface area contributed by atoms with E-state index in [-0.39, 0.29) is 13.2 Å². The molecule has 0 bridgehead atoms. The molecule has 2 aromatic rings. The number of benzene rings is 1. The van der Waals surface area contributed by atoms with E-state index < -0.39 is 5.97 Å². The van der Waals surface area contributed by atoms with Gasteiger partial charge in [-0.25, -0.2) is 4.79 Å². The SMILES string of the molecule is Cn1cc(C(=O)OCCOc2ccc(Cl)cc2)cn1. The van der Waals surface area contributed by atoms with Gasteiger partial charge in [-0.2, -0.15) is 5.10 Å². The van der Waals surface area contributed by atoms with E-state index in [4.69, 9.17) is 21.1 Å². The summed E-state index contributed by atoms with van der Waals surface area (Å²) < 4.78 is 12.0. The van der Waals surface area contributed by atoms with Crippen LogP contribution in [-0.4, -0.2) is 29.0 Å². The van der Waals surface area contributed by atoms with Crippen LogP contribution in [0.1, 0.15) is 10.4 Å². The fourth-order valence-electron chi connectivity index (χ4n) is 1.43. The molecule has 2 rings (SSSR count). The molecule has 0 aliphatic rings. The lowest BCUT2D eigenvalue weighted by atomic mass is 10.3. The van der Waals surface area contributed by atoms with E-state index in [0.29, 0.717) is 16.3 Å². The Morgan fingerprint density at radius 1 is 1.32 bits per heavy atom. The zero-order chi connectivity index (χ0) is 13.7. The third-order valence-electron chi connectivity index (χ3n) is 2.34. The Morgan fingerprint density at radius 2 is 2.05 bits per heavy atom. The van der Waals surface area contributed by atoms with Gasteiger partial charge in [0, 0.05) is 18.3 Å². The van der Waals surface area contributed by atoms with Crippen LogP contribution in [0.3, 0.4) is 0 Å². The van der Waals surface area contributed by atoms with Crippen molar-refractivity contribution in [2.45, 2.75) is 0 Å². The zero-order valence-corrected chi connectivity index (χ0v) is 11.1. The number of nitrogens with zero attached hydrogens (tertiary/aromatic N) is 2. The predicted molar refractivity (Wildman–Crippen MR) is 70.4 cm³/mol. The van der Waals surface area contributed by atoms with Crippen molar-refractivity contribution < 1.29 is 14.3 Å². The van der Waals surface area contributed by atoms with Crippen molar-refractivity contribution in [1.82, 2.24) is 9.78 Å². The van der Waals surface area contributed by atoms with Crippen LogP contribution < -0.4 is 4.74 Å². The molecule has 0 saturated heterocycles. The first kappa shape index (κ1) is 13.4. The molecule has 0 amide bonds. The zero-order valence-electron chi connectivity index (χ0n) is 10.4. The minimum Gasteiger partial charge on any atom is -0.490 e. The van der Waals surface area contributed by atoms with Crippen LogP contribution in [0.25, 0.3) is 0 Å². The van der Waals surface area contributed by atoms with Crippen molar-refractivity contribution in [1.29, 1.82) is 0 Å². The van der Waals surface area contributed by atoms with Gasteiger partial charge in [-0.3, -0.25) is 4.68 Å². The molecular weight excluding hydrogens is 268 g/mol. The van der Waals surface area contributed by atoms with Crippen molar-refractivity contribution in [3.8, 4) is 5.75 Å². The van der Waals surface area contributed by atoms with E-state index in [1.165, 1.54) is 6.20 Å². The van der Waals surface area contributed by atoms with Gasteiger partial charge in [-0.15, -0.1) is 0 Å². The van der Waals surface area contributed by atoms with Gasteiger partial charge >= 0.3 is 5.97 Å². The summed E-state index contributed by atoms with van der Waals surface area (Å²) in [6, 6.07) is 6.98. The van der Waals surface area contributed by atoms with Crippen LogP contribution in [0, 0.1) is 0 Å². The maximum atomic E-state index is 11.6. The van der Waals surface area contributed by atoms with Crippen LogP contribution >= 0.6 is 11.6 Å². The standard InChI is InChI=1S/C13H13ClN2O3/c1-16-9-10(8-15-16)13(17)19-7-6-18-12-4-2-11(14)3-5-12/h2-5,8-9H,6-7H2,1H3. The second-order valence-electron chi connectivity index (χ2n) is 3.84. The summed E-state index contributed by atoms with van der Waals surface area (Å²) in [6.45, 7) is 0.462. The van der Waals surface area contributed by atoms with Crippen molar-refractivity contribution >= 4 is 17.6 Å². The minimum atomic E-state index is -0.409. The molecule has 0 spiro atoms. The Hall–Kier alpha value is -2.01. The van der Waals surface area contributed by atoms with Gasteiger partial charge in [0.05, 0.1) is 11.8 Å². The molecule has 0 radical (unpaired) electrons. The normalized spacial score (nSPS) is 10.2. The quantitative estimate of drug-likeness (QED) is 0.623. The lowest BCUT2D eigenvalue weighted by Crippen LogP contribution is -2.11. The topological polar surface area (TPSA) is 53.4 Å². The molecule has 1 heterocycles. The lowest BCUT2D eigenvalue weighted by molar-refractivity contribution is 0.0450. The van der Waals surface area contributed by atoms with E-state index in [0.717, 1.165) is 0 Å². The van der Waals surface area contributed by atoms with Crippen LogP contribution in [-0.2, 0) is 11.8 Å². The lowest BCUT2D eigenvalue weighted by Gasteiger charge is -2.06. The largest absolute Gasteiger partial charge is 0.490 e. The smallest absolute Gasteiger partial charge is 0.341 e. The number of aromatic nitrogens is 2. The molecule has 5 nitrogen and oxygen atoms in total. The van der Waals surface area contributed by atoms with Gasteiger partial charge < -0.3 is 9.47 Å². The molecule has 0 fully saturated rings. The first-order valence-electron chi connectivity index (χ1n) is 5.69. The molecule has 100 valence electrons. The Morgan fingerprint density at radius 3 is 2.68 bits per heavy atom. The highest BCUT2D eigenvalue weighted by Crippen LogP contribution is 2.15. The number of hydrogen-bond acceptors (Lipinski definition) is 4. The third-order valence-corrected chi connectivity index (χ3v) is 2.59. The molecule has 0 aliphatic carbocycles.